The second kappa shape index (κ2) is 6.98. The third-order valence-corrected chi connectivity index (χ3v) is 6.04. The fourth-order valence-electron chi connectivity index (χ4n) is 2.91. The Kier molecular flexibility index (Phi) is 5.05. The maximum Gasteiger partial charge on any atom is 0.434 e. The molecular weight excluding hydrogens is 369 g/mol. The summed E-state index contributed by atoms with van der Waals surface area (Å²) >= 11 is 0. The van der Waals surface area contributed by atoms with Crippen LogP contribution in [0.1, 0.15) is 24.2 Å². The van der Waals surface area contributed by atoms with E-state index >= 15 is 0 Å². The fraction of sp³-hybridized carbons (Fsp3) is 0.353. The molecule has 1 aromatic carbocycles. The van der Waals surface area contributed by atoms with Crippen LogP contribution >= 0.6 is 0 Å². The van der Waals surface area contributed by atoms with Gasteiger partial charge in [-0.15, -0.1) is 0 Å². The molecule has 0 radical (unpaired) electrons. The van der Waals surface area contributed by atoms with E-state index in [4.69, 9.17) is 4.74 Å². The number of aromatic nitrogens is 1. The molecule has 0 saturated carbocycles. The molecule has 3 rings (SSSR count). The normalized spacial score (nSPS) is 22.3. The summed E-state index contributed by atoms with van der Waals surface area (Å²) in [5.74, 6) is 0. The number of nitrogens with zero attached hydrogens (tertiary/aromatic N) is 2. The van der Waals surface area contributed by atoms with E-state index in [1.165, 1.54) is 6.07 Å². The molecule has 0 amide bonds. The van der Waals surface area contributed by atoms with Gasteiger partial charge in [0.25, 0.3) is 0 Å². The summed E-state index contributed by atoms with van der Waals surface area (Å²) in [4.78, 5) is 2.42. The molecule has 1 fully saturated rings. The minimum Gasteiger partial charge on any atom is -0.375 e. The van der Waals surface area contributed by atoms with Crippen molar-refractivity contribution in [3.8, 4) is 0 Å². The lowest BCUT2D eigenvalue weighted by Crippen LogP contribution is -2.47. The van der Waals surface area contributed by atoms with Crippen molar-refractivity contribution in [1.29, 1.82) is 0 Å². The van der Waals surface area contributed by atoms with E-state index in [0.717, 1.165) is 16.6 Å². The average molecular weight is 386 g/mol. The molecule has 1 aliphatic heterocycles. The van der Waals surface area contributed by atoms with Crippen molar-refractivity contribution >= 4 is 10.0 Å². The molecule has 1 saturated heterocycles. The molecule has 2 aromatic rings. The molecule has 5 nitrogen and oxygen atoms in total. The zero-order chi connectivity index (χ0) is 18.9. The highest BCUT2D eigenvalue weighted by molar-refractivity contribution is 7.89. The van der Waals surface area contributed by atoms with Gasteiger partial charge in [0.15, 0.2) is 5.69 Å². The molecule has 0 bridgehead atoms. The largest absolute Gasteiger partial charge is 0.434 e. The molecule has 2 unspecified atom stereocenters. The zero-order valence-corrected chi connectivity index (χ0v) is 14.7. The number of pyridine rings is 1. The number of ether oxygens (including phenoxy) is 1. The molecule has 1 aromatic heterocycles. The molecule has 9 heteroatoms. The molecule has 140 valence electrons. The van der Waals surface area contributed by atoms with Gasteiger partial charge in [-0.1, -0.05) is 30.3 Å². The van der Waals surface area contributed by atoms with Crippen LogP contribution in [0.2, 0.25) is 0 Å². The first-order valence-electron chi connectivity index (χ1n) is 7.92. The first-order valence-corrected chi connectivity index (χ1v) is 9.36. The van der Waals surface area contributed by atoms with E-state index < -0.39 is 38.9 Å². The Bertz CT molecular complexity index is 872. The van der Waals surface area contributed by atoms with Gasteiger partial charge in [-0.05, 0) is 24.6 Å². The number of sulfonamides is 1. The Morgan fingerprint density at radius 2 is 1.85 bits per heavy atom. The second-order valence-electron chi connectivity index (χ2n) is 5.99. The third-order valence-electron chi connectivity index (χ3n) is 4.13. The van der Waals surface area contributed by atoms with E-state index in [0.29, 0.717) is 5.56 Å². The van der Waals surface area contributed by atoms with Crippen molar-refractivity contribution < 1.29 is 26.3 Å². The lowest BCUT2D eigenvalue weighted by Gasteiger charge is -2.38. The summed E-state index contributed by atoms with van der Waals surface area (Å²) in [5.41, 5.74) is -0.758. The molecule has 2 atom stereocenters. The van der Waals surface area contributed by atoms with Crippen molar-refractivity contribution in [2.45, 2.75) is 30.1 Å². The van der Waals surface area contributed by atoms with Crippen LogP contribution in [-0.4, -0.2) is 37.0 Å². The number of morpholine rings is 1. The monoisotopic (exact) mass is 386 g/mol. The highest BCUT2D eigenvalue weighted by Gasteiger charge is 2.44. The summed E-state index contributed by atoms with van der Waals surface area (Å²) in [6.45, 7) is 1.69. The SMILES string of the molecule is CC1CN(S(=O)(=O)c2cccnc2C(F)(F)F)C(c2ccccc2)CO1. The summed E-state index contributed by atoms with van der Waals surface area (Å²) < 4.78 is 72.7. The third kappa shape index (κ3) is 3.60. The van der Waals surface area contributed by atoms with Crippen molar-refractivity contribution in [2.75, 3.05) is 13.2 Å². The van der Waals surface area contributed by atoms with Crippen LogP contribution in [-0.2, 0) is 20.9 Å². The van der Waals surface area contributed by atoms with E-state index in [9.17, 15) is 21.6 Å². The van der Waals surface area contributed by atoms with E-state index in [2.05, 4.69) is 4.98 Å². The molecule has 26 heavy (non-hydrogen) atoms. The first-order chi connectivity index (χ1) is 12.2. The Morgan fingerprint density at radius 3 is 2.50 bits per heavy atom. The molecule has 0 spiro atoms. The summed E-state index contributed by atoms with van der Waals surface area (Å²) in [6.07, 6.45) is -4.38. The highest BCUT2D eigenvalue weighted by atomic mass is 32.2. The number of hydrogen-bond acceptors (Lipinski definition) is 4. The second-order valence-corrected chi connectivity index (χ2v) is 7.85. The number of halogens is 3. The van der Waals surface area contributed by atoms with Gasteiger partial charge in [-0.3, -0.25) is 4.98 Å². The lowest BCUT2D eigenvalue weighted by atomic mass is 10.1. The van der Waals surface area contributed by atoms with E-state index in [-0.39, 0.29) is 13.2 Å². The minimum atomic E-state index is -4.87. The number of benzene rings is 1. The van der Waals surface area contributed by atoms with Crippen LogP contribution in [0.4, 0.5) is 13.2 Å². The van der Waals surface area contributed by atoms with Crippen LogP contribution in [0.3, 0.4) is 0 Å². The standard InChI is InChI=1S/C17H17F3N2O3S/c1-12-10-22(14(11-25-12)13-6-3-2-4-7-13)26(23,24)15-8-5-9-21-16(15)17(18,19)20/h2-9,12,14H,10-11H2,1H3. The van der Waals surface area contributed by atoms with Crippen LogP contribution in [0.15, 0.2) is 53.6 Å². The van der Waals surface area contributed by atoms with Crippen molar-refractivity contribution in [2.24, 2.45) is 0 Å². The number of hydrogen-bond donors (Lipinski definition) is 0. The maximum atomic E-state index is 13.3. The fourth-order valence-corrected chi connectivity index (χ4v) is 4.75. The highest BCUT2D eigenvalue weighted by Crippen LogP contribution is 2.37. The molecular formula is C17H17F3N2O3S. The van der Waals surface area contributed by atoms with Gasteiger partial charge in [0.05, 0.1) is 18.8 Å². The van der Waals surface area contributed by atoms with Crippen molar-refractivity contribution in [3.05, 3.63) is 59.9 Å². The molecule has 2 heterocycles. The first kappa shape index (κ1) is 18.8. The predicted octanol–water partition coefficient (Wildman–Crippen LogP) is 3.25. The smallest absolute Gasteiger partial charge is 0.375 e. The predicted molar refractivity (Wildman–Crippen MR) is 87.7 cm³/mol. The molecule has 0 N–H and O–H groups in total. The van der Waals surface area contributed by atoms with Gasteiger partial charge >= 0.3 is 6.18 Å². The van der Waals surface area contributed by atoms with E-state index in [1.54, 1.807) is 37.3 Å². The Morgan fingerprint density at radius 1 is 1.15 bits per heavy atom. The van der Waals surface area contributed by atoms with Crippen LogP contribution in [0, 0.1) is 0 Å². The quantitative estimate of drug-likeness (QED) is 0.813. The van der Waals surface area contributed by atoms with Crippen molar-refractivity contribution in [3.63, 3.8) is 0 Å². The molecule has 0 aliphatic carbocycles. The Balaban J connectivity index is 2.09. The summed E-state index contributed by atoms with van der Waals surface area (Å²) in [5, 5.41) is 0. The lowest BCUT2D eigenvalue weighted by molar-refractivity contribution is -0.143. The van der Waals surface area contributed by atoms with Crippen LogP contribution in [0.25, 0.3) is 0 Å². The van der Waals surface area contributed by atoms with Crippen LogP contribution < -0.4 is 0 Å². The van der Waals surface area contributed by atoms with Gasteiger partial charge < -0.3 is 4.74 Å². The number of rotatable bonds is 3. The summed E-state index contributed by atoms with van der Waals surface area (Å²) in [6, 6.07) is 10.1. The maximum absolute atomic E-state index is 13.3. The van der Waals surface area contributed by atoms with Gasteiger partial charge in [-0.25, -0.2) is 8.42 Å². The topological polar surface area (TPSA) is 59.5 Å². The molecule has 1 aliphatic rings. The Labute approximate surface area is 149 Å². The van der Waals surface area contributed by atoms with E-state index in [1.807, 2.05) is 0 Å². The Hall–Kier alpha value is -1.97. The minimum absolute atomic E-state index is 0.0475. The zero-order valence-electron chi connectivity index (χ0n) is 13.8. The van der Waals surface area contributed by atoms with Gasteiger partial charge in [0, 0.05) is 12.7 Å². The number of alkyl halides is 3. The van der Waals surface area contributed by atoms with Crippen LogP contribution in [0.5, 0.6) is 0 Å². The van der Waals surface area contributed by atoms with Gasteiger partial charge in [-0.2, -0.15) is 17.5 Å². The van der Waals surface area contributed by atoms with Gasteiger partial charge in [0.2, 0.25) is 10.0 Å². The van der Waals surface area contributed by atoms with Crippen molar-refractivity contribution in [1.82, 2.24) is 9.29 Å². The van der Waals surface area contributed by atoms with Gasteiger partial charge in [0.1, 0.15) is 4.90 Å². The summed E-state index contributed by atoms with van der Waals surface area (Å²) in [7, 11) is -4.44. The average Bonchev–Trinajstić information content (AvgIpc) is 2.61.